The van der Waals surface area contributed by atoms with Crippen LogP contribution in [0.3, 0.4) is 0 Å². The molecule has 0 aliphatic carbocycles. The molecule has 0 spiro atoms. The number of hydrogen-bond donors (Lipinski definition) is 2. The summed E-state index contributed by atoms with van der Waals surface area (Å²) in [5, 5.41) is 10.8. The number of para-hydroxylation sites is 1. The van der Waals surface area contributed by atoms with Crippen LogP contribution in [0.2, 0.25) is 0 Å². The molecule has 9 nitrogen and oxygen atoms in total. The van der Waals surface area contributed by atoms with Gasteiger partial charge in [0.25, 0.3) is 5.91 Å². The van der Waals surface area contributed by atoms with Crippen LogP contribution in [0.5, 0.6) is 5.75 Å². The Balaban J connectivity index is 1.54. The Morgan fingerprint density at radius 1 is 1.16 bits per heavy atom. The van der Waals surface area contributed by atoms with Crippen LogP contribution in [0.4, 0.5) is 11.5 Å². The summed E-state index contributed by atoms with van der Waals surface area (Å²) >= 11 is 0. The average molecular weight is 432 g/mol. The van der Waals surface area contributed by atoms with E-state index in [1.165, 1.54) is 4.68 Å². The van der Waals surface area contributed by atoms with Crippen molar-refractivity contribution < 1.29 is 13.9 Å². The van der Waals surface area contributed by atoms with E-state index in [1.54, 1.807) is 0 Å². The Bertz CT molecular complexity index is 1240. The lowest BCUT2D eigenvalue weighted by Gasteiger charge is -2.06. The van der Waals surface area contributed by atoms with E-state index in [9.17, 15) is 4.79 Å². The number of anilines is 2. The topological polar surface area (TPSA) is 121 Å². The van der Waals surface area contributed by atoms with Gasteiger partial charge in [-0.1, -0.05) is 35.0 Å². The van der Waals surface area contributed by atoms with Crippen LogP contribution >= 0.6 is 0 Å². The van der Waals surface area contributed by atoms with Gasteiger partial charge in [-0.2, -0.15) is 0 Å². The molecule has 0 radical (unpaired) electrons. The number of nitrogen functional groups attached to an aromatic ring is 1. The highest BCUT2D eigenvalue weighted by atomic mass is 16.5. The number of rotatable bonds is 7. The van der Waals surface area contributed by atoms with E-state index in [4.69, 9.17) is 14.9 Å². The summed E-state index contributed by atoms with van der Waals surface area (Å²) in [6.45, 7) is 6.45. The molecule has 0 bridgehead atoms. The maximum Gasteiger partial charge on any atom is 0.280 e. The van der Waals surface area contributed by atoms with Gasteiger partial charge in [-0.15, -0.1) is 5.10 Å². The van der Waals surface area contributed by atoms with Gasteiger partial charge in [0.1, 0.15) is 17.2 Å². The average Bonchev–Trinajstić information content (AvgIpc) is 3.33. The van der Waals surface area contributed by atoms with Crippen molar-refractivity contribution in [3.63, 3.8) is 0 Å². The van der Waals surface area contributed by atoms with E-state index in [0.717, 1.165) is 11.1 Å². The van der Waals surface area contributed by atoms with Crippen LogP contribution < -0.4 is 15.8 Å². The third kappa shape index (κ3) is 4.31. The molecule has 3 N–H and O–H groups in total. The molecule has 2 heterocycles. The second kappa shape index (κ2) is 8.93. The number of oxazole rings is 1. The van der Waals surface area contributed by atoms with Gasteiger partial charge in [0.2, 0.25) is 5.89 Å². The standard InChI is InChI=1S/C23H24N6O3/c1-4-31-19-8-6-5-7-17(19)23-26-18(15(3)32-23)13-29-21(24)20(27-28-29)22(30)25-16-11-9-14(2)10-12-16/h5-12H,4,13,24H2,1-3H3,(H,25,30). The van der Waals surface area contributed by atoms with Crippen molar-refractivity contribution in [1.29, 1.82) is 0 Å². The van der Waals surface area contributed by atoms with Crippen molar-refractivity contribution in [3.8, 4) is 17.2 Å². The van der Waals surface area contributed by atoms with Crippen LogP contribution in [0.15, 0.2) is 52.9 Å². The Morgan fingerprint density at radius 2 is 1.91 bits per heavy atom. The summed E-state index contributed by atoms with van der Waals surface area (Å²) in [5.41, 5.74) is 9.35. The molecule has 9 heteroatoms. The number of hydrogen-bond acceptors (Lipinski definition) is 7. The predicted molar refractivity (Wildman–Crippen MR) is 121 cm³/mol. The van der Waals surface area contributed by atoms with Gasteiger partial charge in [-0.3, -0.25) is 4.79 Å². The van der Waals surface area contributed by atoms with E-state index < -0.39 is 5.91 Å². The van der Waals surface area contributed by atoms with Gasteiger partial charge in [0, 0.05) is 5.69 Å². The minimum absolute atomic E-state index is 0.0497. The van der Waals surface area contributed by atoms with E-state index in [1.807, 2.05) is 69.3 Å². The van der Waals surface area contributed by atoms with Crippen LogP contribution in [0, 0.1) is 13.8 Å². The first-order valence-electron chi connectivity index (χ1n) is 10.2. The predicted octanol–water partition coefficient (Wildman–Crippen LogP) is 3.83. The van der Waals surface area contributed by atoms with E-state index in [2.05, 4.69) is 20.6 Å². The molecule has 0 aliphatic rings. The Labute approximate surface area is 185 Å². The second-order valence-electron chi connectivity index (χ2n) is 7.25. The van der Waals surface area contributed by atoms with Crippen molar-refractivity contribution in [2.24, 2.45) is 0 Å². The maximum atomic E-state index is 12.6. The molecule has 0 saturated heterocycles. The Morgan fingerprint density at radius 3 is 2.66 bits per heavy atom. The molecule has 2 aromatic heterocycles. The Kier molecular flexibility index (Phi) is 5.89. The summed E-state index contributed by atoms with van der Waals surface area (Å²) in [7, 11) is 0. The number of carbonyl (C=O) groups is 1. The van der Waals surface area contributed by atoms with Gasteiger partial charge < -0.3 is 20.2 Å². The Hall–Kier alpha value is -4.14. The number of aryl methyl sites for hydroxylation is 2. The van der Waals surface area contributed by atoms with Crippen molar-refractivity contribution in [1.82, 2.24) is 20.0 Å². The minimum atomic E-state index is -0.430. The van der Waals surface area contributed by atoms with Crippen LogP contribution in [-0.4, -0.2) is 32.5 Å². The number of aromatic nitrogens is 4. The smallest absolute Gasteiger partial charge is 0.280 e. The van der Waals surface area contributed by atoms with Crippen molar-refractivity contribution in [2.75, 3.05) is 17.7 Å². The zero-order chi connectivity index (χ0) is 22.7. The molecule has 0 atom stereocenters. The van der Waals surface area contributed by atoms with E-state index in [-0.39, 0.29) is 18.1 Å². The van der Waals surface area contributed by atoms with Gasteiger partial charge in [-0.25, -0.2) is 9.67 Å². The highest BCUT2D eigenvalue weighted by molar-refractivity contribution is 6.05. The number of ether oxygens (including phenoxy) is 1. The summed E-state index contributed by atoms with van der Waals surface area (Å²) in [5.74, 6) is 1.47. The zero-order valence-electron chi connectivity index (χ0n) is 18.1. The molecule has 0 fully saturated rings. The minimum Gasteiger partial charge on any atom is -0.493 e. The molecule has 0 unspecified atom stereocenters. The van der Waals surface area contributed by atoms with Crippen molar-refractivity contribution >= 4 is 17.4 Å². The van der Waals surface area contributed by atoms with Crippen molar-refractivity contribution in [3.05, 3.63) is 71.2 Å². The van der Waals surface area contributed by atoms with Crippen LogP contribution in [-0.2, 0) is 6.54 Å². The van der Waals surface area contributed by atoms with Crippen LogP contribution in [0.1, 0.15) is 34.4 Å². The molecule has 0 saturated carbocycles. The quantitative estimate of drug-likeness (QED) is 0.455. The van der Waals surface area contributed by atoms with Gasteiger partial charge in [0.05, 0.1) is 18.7 Å². The molecule has 32 heavy (non-hydrogen) atoms. The van der Waals surface area contributed by atoms with Crippen molar-refractivity contribution in [2.45, 2.75) is 27.3 Å². The van der Waals surface area contributed by atoms with Gasteiger partial charge in [0.15, 0.2) is 11.5 Å². The lowest BCUT2D eigenvalue weighted by Crippen LogP contribution is -2.15. The molecule has 4 aromatic rings. The molecule has 4 rings (SSSR count). The number of carbonyl (C=O) groups excluding carboxylic acids is 1. The molecule has 1 amide bonds. The van der Waals surface area contributed by atoms with E-state index in [0.29, 0.717) is 35.4 Å². The fraction of sp³-hybridized carbons (Fsp3) is 0.217. The first kappa shape index (κ1) is 21.1. The fourth-order valence-corrected chi connectivity index (χ4v) is 3.18. The third-order valence-electron chi connectivity index (χ3n) is 4.91. The molecular weight excluding hydrogens is 408 g/mol. The largest absolute Gasteiger partial charge is 0.493 e. The lowest BCUT2D eigenvalue weighted by molar-refractivity contribution is 0.102. The lowest BCUT2D eigenvalue weighted by atomic mass is 10.2. The molecular formula is C23H24N6O3. The normalized spacial score (nSPS) is 10.8. The van der Waals surface area contributed by atoms with Gasteiger partial charge in [-0.05, 0) is 45.0 Å². The SMILES string of the molecule is CCOc1ccccc1-c1nc(Cn2nnc(C(=O)Nc3ccc(C)cc3)c2N)c(C)o1. The highest BCUT2D eigenvalue weighted by Gasteiger charge is 2.21. The summed E-state index contributed by atoms with van der Waals surface area (Å²) in [4.78, 5) is 17.2. The molecule has 2 aromatic carbocycles. The monoisotopic (exact) mass is 432 g/mol. The number of nitrogens with one attached hydrogen (secondary N) is 1. The number of amides is 1. The first-order valence-corrected chi connectivity index (χ1v) is 10.2. The molecule has 0 aliphatic heterocycles. The summed E-state index contributed by atoms with van der Waals surface area (Å²) < 4.78 is 13.0. The fourth-order valence-electron chi connectivity index (χ4n) is 3.18. The number of benzene rings is 2. The van der Waals surface area contributed by atoms with E-state index >= 15 is 0 Å². The summed E-state index contributed by atoms with van der Waals surface area (Å²) in [6.07, 6.45) is 0. The zero-order valence-corrected chi connectivity index (χ0v) is 18.1. The van der Waals surface area contributed by atoms with Gasteiger partial charge >= 0.3 is 0 Å². The number of nitrogens with two attached hydrogens (primary N) is 1. The first-order chi connectivity index (χ1) is 15.5. The third-order valence-corrected chi connectivity index (χ3v) is 4.91. The van der Waals surface area contributed by atoms with Crippen LogP contribution in [0.25, 0.3) is 11.5 Å². The number of nitrogens with zero attached hydrogens (tertiary/aromatic N) is 4. The maximum absolute atomic E-state index is 12.6. The molecule has 164 valence electrons. The highest BCUT2D eigenvalue weighted by Crippen LogP contribution is 2.31. The second-order valence-corrected chi connectivity index (χ2v) is 7.25. The summed E-state index contributed by atoms with van der Waals surface area (Å²) in [6, 6.07) is 15.0.